The molecule has 3 aromatic carbocycles. The van der Waals surface area contributed by atoms with Gasteiger partial charge in [0.25, 0.3) is 17.7 Å². The van der Waals surface area contributed by atoms with Crippen molar-refractivity contribution >= 4 is 73.6 Å². The minimum Gasteiger partial charge on any atom is -0.364 e. The van der Waals surface area contributed by atoms with Crippen molar-refractivity contribution in [2.24, 2.45) is 24.2 Å². The van der Waals surface area contributed by atoms with Gasteiger partial charge in [0.15, 0.2) is 0 Å². The van der Waals surface area contributed by atoms with Gasteiger partial charge in [0.05, 0.1) is 51.4 Å². The van der Waals surface area contributed by atoms with E-state index in [9.17, 15) is 24.0 Å². The van der Waals surface area contributed by atoms with E-state index in [1.54, 1.807) is 103 Å². The normalized spacial score (nSPS) is 10.5. The number of carbonyl (C=O) groups is 3. The number of fused-ring (bicyclic) bond motifs is 3. The third-order valence-corrected chi connectivity index (χ3v) is 10.3. The number of H-pyrrole nitrogens is 2. The highest BCUT2D eigenvalue weighted by atomic mass is 35.5. The molecule has 6 heterocycles. The number of aromatic nitrogens is 6. The molecule has 0 atom stereocenters. The molecule has 64 heavy (non-hydrogen) atoms. The van der Waals surface area contributed by atoms with Gasteiger partial charge >= 0.3 is 0 Å². The van der Waals surface area contributed by atoms with Crippen LogP contribution in [-0.2, 0) is 7.05 Å². The van der Waals surface area contributed by atoms with E-state index in [0.29, 0.717) is 60.4 Å². The van der Waals surface area contributed by atoms with E-state index < -0.39 is 23.7 Å². The Morgan fingerprint density at radius 2 is 1.06 bits per heavy atom. The number of rotatable bonds is 6. The van der Waals surface area contributed by atoms with Crippen LogP contribution in [0.4, 0.5) is 4.39 Å². The van der Waals surface area contributed by atoms with Gasteiger partial charge in [0.1, 0.15) is 27.4 Å². The summed E-state index contributed by atoms with van der Waals surface area (Å²) in [5.41, 5.74) is 24.8. The lowest BCUT2D eigenvalue weighted by Gasteiger charge is -2.08. The van der Waals surface area contributed by atoms with Crippen LogP contribution in [0.2, 0.25) is 10.3 Å². The minimum absolute atomic E-state index is 0.232. The molecule has 3 amide bonds. The lowest BCUT2D eigenvalue weighted by atomic mass is 10.0. The highest BCUT2D eigenvalue weighted by Gasteiger charge is 2.17. The number of nitrogens with two attached hydrogens (primary N) is 3. The lowest BCUT2D eigenvalue weighted by molar-refractivity contribution is 0.0985. The Kier molecular flexibility index (Phi) is 12.2. The Hall–Kier alpha value is -8.88. The maximum absolute atomic E-state index is 13.3. The highest BCUT2D eigenvalue weighted by molar-refractivity contribution is 6.29. The van der Waals surface area contributed by atoms with Crippen molar-refractivity contribution in [3.8, 4) is 51.6 Å². The highest BCUT2D eigenvalue weighted by Crippen LogP contribution is 2.34. The quantitative estimate of drug-likeness (QED) is 0.101. The molecule has 0 aliphatic rings. The summed E-state index contributed by atoms with van der Waals surface area (Å²) in [4.78, 5) is 51.6. The molecule has 6 aromatic heterocycles. The average molecular weight is 888 g/mol. The van der Waals surface area contributed by atoms with Gasteiger partial charge in [0, 0.05) is 75.7 Å². The number of nitrogens with one attached hydrogen (secondary N) is 2. The predicted molar refractivity (Wildman–Crippen MR) is 239 cm³/mol. The number of pyridine rings is 3. The molecule has 0 radical (unpaired) electrons. The van der Waals surface area contributed by atoms with Crippen molar-refractivity contribution in [2.45, 2.75) is 0 Å². The van der Waals surface area contributed by atoms with E-state index in [4.69, 9.17) is 50.9 Å². The first-order valence-electron chi connectivity index (χ1n) is 18.6. The summed E-state index contributed by atoms with van der Waals surface area (Å²) >= 11 is 11.6. The van der Waals surface area contributed by atoms with E-state index in [2.05, 4.69) is 37.1 Å². The van der Waals surface area contributed by atoms with Gasteiger partial charge in [-0.1, -0.05) is 23.2 Å². The maximum Gasteiger partial charge on any atom is 0.265 e. The van der Waals surface area contributed by atoms with E-state index in [1.807, 2.05) is 12.1 Å². The molecule has 18 heteroatoms. The van der Waals surface area contributed by atoms with Crippen LogP contribution in [0.3, 0.4) is 0 Å². The third-order valence-electron chi connectivity index (χ3n) is 9.87. The zero-order valence-electron chi connectivity index (χ0n) is 33.1. The number of primary amides is 3. The van der Waals surface area contributed by atoms with Crippen molar-refractivity contribution in [3.05, 3.63) is 160 Å². The molecule has 0 aliphatic heterocycles. The van der Waals surface area contributed by atoms with Crippen LogP contribution in [0.5, 0.6) is 0 Å². The third kappa shape index (κ3) is 8.93. The van der Waals surface area contributed by atoms with E-state index in [0.717, 1.165) is 44.1 Å². The van der Waals surface area contributed by atoms with Gasteiger partial charge in [-0.2, -0.15) is 20.2 Å². The van der Waals surface area contributed by atoms with Crippen LogP contribution in [-0.4, -0.2) is 47.2 Å². The summed E-state index contributed by atoms with van der Waals surface area (Å²) in [7, 11) is 1.77. The molecule has 9 rings (SSSR count). The summed E-state index contributed by atoms with van der Waals surface area (Å²) in [6.07, 6.45) is 4.59. The zero-order chi connectivity index (χ0) is 45.8. The molecule has 0 saturated heterocycles. The average Bonchev–Trinajstić information content (AvgIpc) is 4.02. The van der Waals surface area contributed by atoms with E-state index in [1.165, 1.54) is 12.3 Å². The van der Waals surface area contributed by atoms with Crippen LogP contribution in [0.1, 0.15) is 48.2 Å². The van der Waals surface area contributed by atoms with Crippen molar-refractivity contribution < 1.29 is 18.8 Å². The van der Waals surface area contributed by atoms with Gasteiger partial charge in [-0.05, 0) is 90.5 Å². The molecule has 0 aliphatic carbocycles. The monoisotopic (exact) mass is 886 g/mol. The summed E-state index contributed by atoms with van der Waals surface area (Å²) in [6.45, 7) is 0. The van der Waals surface area contributed by atoms with Gasteiger partial charge in [-0.15, -0.1) is 0 Å². The first-order valence-corrected chi connectivity index (χ1v) is 19.4. The van der Waals surface area contributed by atoms with E-state index >= 15 is 0 Å². The van der Waals surface area contributed by atoms with Gasteiger partial charge in [0.2, 0.25) is 5.95 Å². The number of halogens is 3. The molecular weight excluding hydrogens is 858 g/mol. The van der Waals surface area contributed by atoms with Crippen LogP contribution >= 0.6 is 23.2 Å². The van der Waals surface area contributed by atoms with Crippen molar-refractivity contribution in [1.29, 1.82) is 15.8 Å². The second kappa shape index (κ2) is 18.0. The van der Waals surface area contributed by atoms with Crippen molar-refractivity contribution in [3.63, 3.8) is 0 Å². The molecule has 0 unspecified atom stereocenters. The summed E-state index contributed by atoms with van der Waals surface area (Å²) < 4.78 is 15.0. The van der Waals surface area contributed by atoms with Crippen molar-refractivity contribution in [2.75, 3.05) is 0 Å². The number of nitriles is 3. The fraction of sp³-hybridized carbons (Fsp3) is 0.0217. The van der Waals surface area contributed by atoms with Gasteiger partial charge in [-0.3, -0.25) is 14.4 Å². The maximum atomic E-state index is 13.3. The molecule has 0 fully saturated rings. The predicted octanol–water partition coefficient (Wildman–Crippen LogP) is 8.06. The molecule has 0 saturated carbocycles. The fourth-order valence-corrected chi connectivity index (χ4v) is 7.23. The number of benzene rings is 3. The summed E-state index contributed by atoms with van der Waals surface area (Å²) in [5, 5.41) is 30.4. The molecule has 15 nitrogen and oxygen atoms in total. The second-order valence-corrected chi connectivity index (χ2v) is 14.7. The Balaban J connectivity index is 0.000000144. The number of hydrogen-bond donors (Lipinski definition) is 5. The molecule has 0 bridgehead atoms. The largest absolute Gasteiger partial charge is 0.364 e. The van der Waals surface area contributed by atoms with Crippen molar-refractivity contribution in [1.82, 2.24) is 29.5 Å². The standard InChI is InChI=1S/C16H11ClN4O.C15H9ClN4O.C15H9FN4O/c1-21-13(16(19)22)6-11-4-9(7-18)5-12(15(11)21)10-2-3-14(17)20-8-10;16-13-2-1-9(7-19-13)11-4-8(6-17)3-10-5-12(15(18)21)20-14(10)11;16-13-6-9(1-2-19-13)11-4-8(7-17)3-10-5-12(15(18)21)20-14(10)11/h2-6,8H,1H3,(H2,19,22);1-5,7,20H,(H2,18,21);1-6,20H,(H2,18,21). The first kappa shape index (κ1) is 43.2. The molecular formula is C46H29Cl2FN12O3. The molecule has 312 valence electrons. The SMILES string of the molecule is Cn1c(C(N)=O)cc2cc(C#N)cc(-c3ccc(Cl)nc3)c21.N#Cc1cc(-c2ccc(Cl)nc2)c2[nH]c(C(N)=O)cc2c1.N#Cc1cc(-c2ccnc(F)c2)c2[nH]c(C(N)=O)cc2c1. The Labute approximate surface area is 371 Å². The lowest BCUT2D eigenvalue weighted by Crippen LogP contribution is -2.14. The molecule has 0 spiro atoms. The Morgan fingerprint density at radius 1 is 0.594 bits per heavy atom. The van der Waals surface area contributed by atoms with E-state index in [-0.39, 0.29) is 5.69 Å². The molecule has 8 N–H and O–H groups in total. The molecule has 9 aromatic rings. The van der Waals surface area contributed by atoms with Gasteiger partial charge < -0.3 is 31.7 Å². The Bertz CT molecular complexity index is 3470. The number of aromatic amines is 2. The van der Waals surface area contributed by atoms with Crippen LogP contribution in [0.15, 0.2) is 110 Å². The smallest absolute Gasteiger partial charge is 0.265 e. The number of hydrogen-bond acceptors (Lipinski definition) is 9. The number of nitrogens with zero attached hydrogens (tertiary/aromatic N) is 7. The first-order chi connectivity index (χ1) is 30.7. The number of aryl methyl sites for hydroxylation is 1. The number of amides is 3. The topological polar surface area (TPSA) is 276 Å². The minimum atomic E-state index is -0.621. The second-order valence-electron chi connectivity index (χ2n) is 13.9. The van der Waals surface area contributed by atoms with Crippen LogP contribution in [0.25, 0.3) is 66.1 Å². The number of carbonyl (C=O) groups excluding carboxylic acids is 3. The van der Waals surface area contributed by atoms with Crippen LogP contribution < -0.4 is 17.2 Å². The Morgan fingerprint density at radius 3 is 1.50 bits per heavy atom. The fourth-order valence-electron chi connectivity index (χ4n) is 7.01. The van der Waals surface area contributed by atoms with Crippen LogP contribution in [0, 0.1) is 39.9 Å². The summed E-state index contributed by atoms with van der Waals surface area (Å²) in [6, 6.07) is 31.2. The van der Waals surface area contributed by atoms with Gasteiger partial charge in [-0.25, -0.2) is 15.0 Å². The zero-order valence-corrected chi connectivity index (χ0v) is 34.6. The summed E-state index contributed by atoms with van der Waals surface area (Å²) in [5.74, 6) is -2.29.